The molecule has 0 aliphatic rings. The van der Waals surface area contributed by atoms with Gasteiger partial charge in [-0.15, -0.1) is 0 Å². The molecular formula is C36H62N6O10. The molecule has 0 fully saturated rings. The van der Waals surface area contributed by atoms with Gasteiger partial charge >= 0.3 is 24.4 Å². The first-order valence-electron chi connectivity index (χ1n) is 17.5. The molecule has 4 amide bonds. The molecule has 2 N–H and O–H groups in total. The van der Waals surface area contributed by atoms with E-state index in [0.717, 1.165) is 11.1 Å². The smallest absolute Gasteiger partial charge is 0.410 e. The highest BCUT2D eigenvalue weighted by Crippen LogP contribution is 2.28. The van der Waals surface area contributed by atoms with Crippen LogP contribution in [0.4, 0.5) is 30.6 Å². The molecule has 16 nitrogen and oxygen atoms in total. The molecule has 0 aliphatic heterocycles. The van der Waals surface area contributed by atoms with Crippen molar-refractivity contribution in [1.82, 2.24) is 20.0 Å². The number of benzene rings is 1. The number of nitrogens with zero attached hydrogens (tertiary/aromatic N) is 4. The normalized spacial score (nSPS) is 12.0. The van der Waals surface area contributed by atoms with Crippen LogP contribution < -0.4 is 10.6 Å². The third kappa shape index (κ3) is 18.7. The van der Waals surface area contributed by atoms with Crippen molar-refractivity contribution in [3.05, 3.63) is 33.4 Å². The summed E-state index contributed by atoms with van der Waals surface area (Å²) in [6.45, 7) is 24.8. The molecule has 0 bridgehead atoms. The number of alkyl carbamates (subject to hydrolysis) is 1. The molecule has 0 saturated heterocycles. The quantitative estimate of drug-likeness (QED) is 0.116. The average Bonchev–Trinajstić information content (AvgIpc) is 2.92. The standard InChI is InChI=1S/C36H62N6O10/c1-25-23-27(28(42(47)48)24-26(25)2)37-15-17-39(30(44)50-34(6,7)8)19-21-41(32(46)52-36(12,13)14)22-20-40(31(45)51-35(9,10)11)18-16-38-29(43)49-33(3,4)5/h23-24,37H,15-22H2,1-14H3,(H,38,43). The summed E-state index contributed by atoms with van der Waals surface area (Å²) in [6, 6.07) is 3.19. The first-order chi connectivity index (χ1) is 23.6. The highest BCUT2D eigenvalue weighted by atomic mass is 16.6. The summed E-state index contributed by atoms with van der Waals surface area (Å²) in [5, 5.41) is 17.4. The summed E-state index contributed by atoms with van der Waals surface area (Å²) in [7, 11) is 0. The molecule has 1 aromatic carbocycles. The van der Waals surface area contributed by atoms with E-state index in [2.05, 4.69) is 10.6 Å². The van der Waals surface area contributed by atoms with Crippen LogP contribution in [0.25, 0.3) is 0 Å². The molecule has 52 heavy (non-hydrogen) atoms. The molecular weight excluding hydrogens is 676 g/mol. The summed E-state index contributed by atoms with van der Waals surface area (Å²) < 4.78 is 22.2. The van der Waals surface area contributed by atoms with Gasteiger partial charge in [-0.05, 0) is 114 Å². The molecule has 0 heterocycles. The maximum absolute atomic E-state index is 13.5. The van der Waals surface area contributed by atoms with E-state index in [0.29, 0.717) is 5.69 Å². The maximum Gasteiger partial charge on any atom is 0.410 e. The van der Waals surface area contributed by atoms with Crippen LogP contribution in [0.3, 0.4) is 0 Å². The van der Waals surface area contributed by atoms with E-state index in [9.17, 15) is 29.3 Å². The predicted molar refractivity (Wildman–Crippen MR) is 199 cm³/mol. The fraction of sp³-hybridized carbons (Fsp3) is 0.722. The first-order valence-corrected chi connectivity index (χ1v) is 17.5. The van der Waals surface area contributed by atoms with Crippen molar-refractivity contribution in [3.8, 4) is 0 Å². The lowest BCUT2D eigenvalue weighted by Crippen LogP contribution is -2.49. The summed E-state index contributed by atoms with van der Waals surface area (Å²) >= 11 is 0. The Labute approximate surface area is 309 Å². The van der Waals surface area contributed by atoms with Crippen molar-refractivity contribution in [2.75, 3.05) is 57.7 Å². The zero-order valence-electron chi connectivity index (χ0n) is 33.7. The largest absolute Gasteiger partial charge is 0.444 e. The number of nitro groups is 1. The molecule has 1 aromatic rings. The lowest BCUT2D eigenvalue weighted by Gasteiger charge is -2.33. The minimum atomic E-state index is -0.840. The number of rotatable bonds is 14. The summed E-state index contributed by atoms with van der Waals surface area (Å²) in [5.41, 5.74) is -1.29. The molecule has 0 radical (unpaired) electrons. The zero-order chi connectivity index (χ0) is 40.2. The molecule has 0 spiro atoms. The van der Waals surface area contributed by atoms with Gasteiger partial charge < -0.3 is 44.3 Å². The molecule has 1 rings (SSSR count). The van der Waals surface area contributed by atoms with Crippen LogP contribution >= 0.6 is 0 Å². The second kappa shape index (κ2) is 18.8. The number of amides is 4. The molecule has 0 saturated carbocycles. The first kappa shape index (κ1) is 45.5. The van der Waals surface area contributed by atoms with Crippen LogP contribution in [0.1, 0.15) is 94.2 Å². The van der Waals surface area contributed by atoms with E-state index >= 15 is 0 Å². The van der Waals surface area contributed by atoms with Crippen LogP contribution in [0.5, 0.6) is 0 Å². The van der Waals surface area contributed by atoms with Gasteiger partial charge in [0.1, 0.15) is 28.1 Å². The van der Waals surface area contributed by atoms with Gasteiger partial charge in [0.05, 0.1) is 4.92 Å². The fourth-order valence-corrected chi connectivity index (χ4v) is 4.37. The van der Waals surface area contributed by atoms with Crippen LogP contribution in [0.15, 0.2) is 12.1 Å². The fourth-order valence-electron chi connectivity index (χ4n) is 4.37. The van der Waals surface area contributed by atoms with Crippen LogP contribution in [0, 0.1) is 24.0 Å². The topological polar surface area (TPSA) is 182 Å². The van der Waals surface area contributed by atoms with E-state index in [1.165, 1.54) is 20.8 Å². The van der Waals surface area contributed by atoms with Crippen molar-refractivity contribution in [3.63, 3.8) is 0 Å². The number of carbonyl (C=O) groups excluding carboxylic acids is 4. The number of nitrogens with one attached hydrogen (secondary N) is 2. The Morgan fingerprint density at radius 3 is 1.31 bits per heavy atom. The van der Waals surface area contributed by atoms with Crippen LogP contribution in [-0.2, 0) is 18.9 Å². The number of anilines is 1. The van der Waals surface area contributed by atoms with Crippen molar-refractivity contribution in [1.29, 1.82) is 0 Å². The van der Waals surface area contributed by atoms with Crippen LogP contribution in [-0.4, -0.2) is 119 Å². The molecule has 0 unspecified atom stereocenters. The van der Waals surface area contributed by atoms with E-state index in [1.807, 2.05) is 6.92 Å². The second-order valence-corrected chi connectivity index (χ2v) is 16.5. The third-order valence-electron chi connectivity index (χ3n) is 6.79. The number of nitro benzene ring substituents is 1. The zero-order valence-corrected chi connectivity index (χ0v) is 33.7. The Morgan fingerprint density at radius 2 is 0.942 bits per heavy atom. The van der Waals surface area contributed by atoms with E-state index in [4.69, 9.17) is 18.9 Å². The number of aryl methyl sites for hydroxylation is 2. The summed E-state index contributed by atoms with van der Waals surface area (Å²) in [4.78, 5) is 67.7. The van der Waals surface area contributed by atoms with Crippen LogP contribution in [0.2, 0.25) is 0 Å². The van der Waals surface area contributed by atoms with Gasteiger partial charge in [0, 0.05) is 58.4 Å². The van der Waals surface area contributed by atoms with Gasteiger partial charge in [-0.25, -0.2) is 19.2 Å². The Hall–Kier alpha value is -4.50. The molecule has 16 heteroatoms. The van der Waals surface area contributed by atoms with Gasteiger partial charge in [0.2, 0.25) is 0 Å². The third-order valence-corrected chi connectivity index (χ3v) is 6.79. The number of hydrogen-bond acceptors (Lipinski definition) is 11. The van der Waals surface area contributed by atoms with Gasteiger partial charge in [-0.1, -0.05) is 0 Å². The van der Waals surface area contributed by atoms with E-state index in [-0.39, 0.29) is 58.0 Å². The summed E-state index contributed by atoms with van der Waals surface area (Å²) in [5.74, 6) is 0. The van der Waals surface area contributed by atoms with Gasteiger partial charge in [0.25, 0.3) is 5.69 Å². The predicted octanol–water partition coefficient (Wildman–Crippen LogP) is 6.86. The highest BCUT2D eigenvalue weighted by Gasteiger charge is 2.29. The molecule has 296 valence electrons. The minimum absolute atomic E-state index is 0.00371. The average molecular weight is 739 g/mol. The Bertz CT molecular complexity index is 1390. The van der Waals surface area contributed by atoms with Crippen molar-refractivity contribution < 1.29 is 43.0 Å². The minimum Gasteiger partial charge on any atom is -0.444 e. The highest BCUT2D eigenvalue weighted by molar-refractivity contribution is 5.71. The van der Waals surface area contributed by atoms with Gasteiger partial charge in [-0.2, -0.15) is 0 Å². The molecule has 0 aromatic heterocycles. The van der Waals surface area contributed by atoms with Gasteiger partial charge in [0.15, 0.2) is 0 Å². The van der Waals surface area contributed by atoms with E-state index in [1.54, 1.807) is 96.1 Å². The molecule has 0 aliphatic carbocycles. The lowest BCUT2D eigenvalue weighted by molar-refractivity contribution is -0.384. The second-order valence-electron chi connectivity index (χ2n) is 16.5. The number of carbonyl (C=O) groups is 4. The Kier molecular flexibility index (Phi) is 16.5. The van der Waals surface area contributed by atoms with Crippen molar-refractivity contribution in [2.24, 2.45) is 0 Å². The van der Waals surface area contributed by atoms with Crippen molar-refractivity contribution in [2.45, 2.75) is 119 Å². The Morgan fingerprint density at radius 1 is 0.596 bits per heavy atom. The number of hydrogen-bond donors (Lipinski definition) is 2. The monoisotopic (exact) mass is 738 g/mol. The molecule has 0 atom stereocenters. The SMILES string of the molecule is Cc1cc(NCCN(CCN(CCN(CCNC(=O)OC(C)(C)C)C(=O)OC(C)(C)C)C(=O)OC(C)(C)C)C(=O)OC(C)(C)C)c([N+](=O)[O-])cc1C. The number of ether oxygens (including phenoxy) is 4. The lowest BCUT2D eigenvalue weighted by atomic mass is 10.1. The maximum atomic E-state index is 13.5. The summed E-state index contributed by atoms with van der Waals surface area (Å²) in [6.07, 6.45) is -2.60. The Balaban J connectivity index is 3.26. The van der Waals surface area contributed by atoms with Gasteiger partial charge in [-0.3, -0.25) is 10.1 Å². The van der Waals surface area contributed by atoms with Crippen molar-refractivity contribution >= 4 is 35.7 Å². The van der Waals surface area contributed by atoms with E-state index < -0.39 is 51.7 Å².